The van der Waals surface area contributed by atoms with Gasteiger partial charge in [0.05, 0.1) is 33.5 Å². The lowest BCUT2D eigenvalue weighted by Gasteiger charge is -2.30. The van der Waals surface area contributed by atoms with Gasteiger partial charge in [-0.25, -0.2) is 0 Å². The van der Waals surface area contributed by atoms with Crippen molar-refractivity contribution < 1.29 is 19.3 Å². The molecule has 5 heteroatoms. The third kappa shape index (κ3) is 6.82. The molecular weight excluding hydrogens is 354 g/mol. The number of hydrogen-bond acceptors (Lipinski definition) is 5. The van der Waals surface area contributed by atoms with Crippen LogP contribution in [0.5, 0.6) is 11.5 Å². The van der Waals surface area contributed by atoms with Crippen LogP contribution in [-0.2, 0) is 17.9 Å². The summed E-state index contributed by atoms with van der Waals surface area (Å²) in [4.78, 5) is 2.28. The maximum absolute atomic E-state index is 10.5. The Hall–Kier alpha value is -2.08. The summed E-state index contributed by atoms with van der Waals surface area (Å²) in [6.07, 6.45) is 0.461. The highest BCUT2D eigenvalue weighted by Crippen LogP contribution is 2.28. The second kappa shape index (κ2) is 11.7. The monoisotopic (exact) mass is 387 g/mol. The summed E-state index contributed by atoms with van der Waals surface area (Å²) < 4.78 is 16.4. The molecule has 0 saturated heterocycles. The van der Waals surface area contributed by atoms with Crippen LogP contribution in [0.4, 0.5) is 0 Å². The number of aliphatic hydroxyl groups excluding tert-OH is 1. The SMILES string of the molecule is CC[C@H](C)N(Cc1ccc(OC)c(OC)c1)C[C@H](O)COCc1ccccc1. The maximum atomic E-state index is 10.5. The summed E-state index contributed by atoms with van der Waals surface area (Å²) in [5.41, 5.74) is 2.23. The molecule has 5 nitrogen and oxygen atoms in total. The Morgan fingerprint density at radius 3 is 2.32 bits per heavy atom. The van der Waals surface area contributed by atoms with Crippen LogP contribution in [0, 0.1) is 0 Å². The van der Waals surface area contributed by atoms with E-state index in [1.165, 1.54) is 0 Å². The molecule has 2 atom stereocenters. The van der Waals surface area contributed by atoms with Crippen LogP contribution in [-0.4, -0.2) is 49.5 Å². The van der Waals surface area contributed by atoms with Crippen molar-refractivity contribution in [1.29, 1.82) is 0 Å². The standard InChI is InChI=1S/C23H33NO4/c1-5-18(2)24(14-20-11-12-22(26-3)23(13-20)27-4)15-21(25)17-28-16-19-9-7-6-8-10-19/h6-13,18,21,25H,5,14-17H2,1-4H3/t18-,21-/m0/s1. The van der Waals surface area contributed by atoms with E-state index < -0.39 is 6.10 Å². The highest BCUT2D eigenvalue weighted by Gasteiger charge is 2.18. The molecule has 0 bridgehead atoms. The van der Waals surface area contributed by atoms with Crippen molar-refractivity contribution in [2.45, 2.75) is 45.6 Å². The zero-order valence-corrected chi connectivity index (χ0v) is 17.4. The average molecular weight is 388 g/mol. The van der Waals surface area contributed by atoms with Gasteiger partial charge in [0.2, 0.25) is 0 Å². The Balaban J connectivity index is 1.93. The molecule has 154 valence electrons. The summed E-state index contributed by atoms with van der Waals surface area (Å²) >= 11 is 0. The van der Waals surface area contributed by atoms with E-state index in [4.69, 9.17) is 14.2 Å². The van der Waals surface area contributed by atoms with Gasteiger partial charge >= 0.3 is 0 Å². The summed E-state index contributed by atoms with van der Waals surface area (Å²) in [5.74, 6) is 1.44. The first-order valence-corrected chi connectivity index (χ1v) is 9.82. The minimum Gasteiger partial charge on any atom is -0.493 e. The second-order valence-corrected chi connectivity index (χ2v) is 7.03. The lowest BCUT2D eigenvalue weighted by atomic mass is 10.1. The van der Waals surface area contributed by atoms with Crippen LogP contribution in [0.2, 0.25) is 0 Å². The van der Waals surface area contributed by atoms with Crippen molar-refractivity contribution in [1.82, 2.24) is 4.90 Å². The van der Waals surface area contributed by atoms with Gasteiger partial charge in [-0.05, 0) is 36.6 Å². The molecule has 0 amide bonds. The van der Waals surface area contributed by atoms with E-state index in [0.29, 0.717) is 25.8 Å². The van der Waals surface area contributed by atoms with Gasteiger partial charge in [0.15, 0.2) is 11.5 Å². The Morgan fingerprint density at radius 1 is 0.964 bits per heavy atom. The normalized spacial score (nSPS) is 13.4. The van der Waals surface area contributed by atoms with Crippen molar-refractivity contribution >= 4 is 0 Å². The molecule has 0 saturated carbocycles. The van der Waals surface area contributed by atoms with Gasteiger partial charge in [0.25, 0.3) is 0 Å². The lowest BCUT2D eigenvalue weighted by molar-refractivity contribution is 0.00144. The number of rotatable bonds is 12. The number of aliphatic hydroxyl groups is 1. The molecule has 0 aliphatic rings. The van der Waals surface area contributed by atoms with Crippen LogP contribution in [0.1, 0.15) is 31.4 Å². The molecule has 28 heavy (non-hydrogen) atoms. The van der Waals surface area contributed by atoms with E-state index in [1.807, 2.05) is 48.5 Å². The first kappa shape index (κ1) is 22.2. The minimum atomic E-state index is -0.544. The number of hydrogen-bond donors (Lipinski definition) is 1. The van der Waals surface area contributed by atoms with Crippen molar-refractivity contribution in [3.05, 3.63) is 59.7 Å². The molecule has 2 aromatic carbocycles. The van der Waals surface area contributed by atoms with Gasteiger partial charge in [0.1, 0.15) is 0 Å². The minimum absolute atomic E-state index is 0.313. The van der Waals surface area contributed by atoms with Crippen molar-refractivity contribution in [2.75, 3.05) is 27.4 Å². The van der Waals surface area contributed by atoms with E-state index in [2.05, 4.69) is 18.7 Å². The fraction of sp³-hybridized carbons (Fsp3) is 0.478. The first-order chi connectivity index (χ1) is 13.6. The predicted molar refractivity (Wildman–Crippen MR) is 112 cm³/mol. The van der Waals surface area contributed by atoms with Gasteiger partial charge in [-0.3, -0.25) is 4.90 Å². The van der Waals surface area contributed by atoms with E-state index in [0.717, 1.165) is 35.6 Å². The van der Waals surface area contributed by atoms with Crippen LogP contribution in [0.15, 0.2) is 48.5 Å². The molecule has 2 aromatic rings. The Kier molecular flexibility index (Phi) is 9.28. The van der Waals surface area contributed by atoms with Crippen LogP contribution < -0.4 is 9.47 Å². The number of methoxy groups -OCH3 is 2. The molecule has 0 aliphatic heterocycles. The van der Waals surface area contributed by atoms with Gasteiger partial charge in [-0.15, -0.1) is 0 Å². The summed E-state index contributed by atoms with van der Waals surface area (Å²) in [7, 11) is 3.27. The van der Waals surface area contributed by atoms with Crippen molar-refractivity contribution in [2.24, 2.45) is 0 Å². The van der Waals surface area contributed by atoms with Crippen molar-refractivity contribution in [3.63, 3.8) is 0 Å². The molecule has 0 aliphatic carbocycles. The van der Waals surface area contributed by atoms with Crippen molar-refractivity contribution in [3.8, 4) is 11.5 Å². The lowest BCUT2D eigenvalue weighted by Crippen LogP contribution is -2.39. The summed E-state index contributed by atoms with van der Waals surface area (Å²) in [5, 5.41) is 10.5. The molecule has 1 N–H and O–H groups in total. The van der Waals surface area contributed by atoms with Crippen LogP contribution in [0.3, 0.4) is 0 Å². The smallest absolute Gasteiger partial charge is 0.161 e. The van der Waals surface area contributed by atoms with E-state index in [9.17, 15) is 5.11 Å². The molecule has 0 spiro atoms. The zero-order valence-electron chi connectivity index (χ0n) is 17.4. The van der Waals surface area contributed by atoms with Gasteiger partial charge in [-0.2, -0.15) is 0 Å². The predicted octanol–water partition coefficient (Wildman–Crippen LogP) is 3.88. The Morgan fingerprint density at radius 2 is 1.68 bits per heavy atom. The van der Waals surface area contributed by atoms with Crippen LogP contribution >= 0.6 is 0 Å². The largest absolute Gasteiger partial charge is 0.493 e. The summed E-state index contributed by atoms with van der Waals surface area (Å²) in [6, 6.07) is 16.3. The second-order valence-electron chi connectivity index (χ2n) is 7.03. The molecule has 2 rings (SSSR count). The average Bonchev–Trinajstić information content (AvgIpc) is 2.73. The third-order valence-electron chi connectivity index (χ3n) is 4.91. The first-order valence-electron chi connectivity index (χ1n) is 9.82. The third-order valence-corrected chi connectivity index (χ3v) is 4.91. The topological polar surface area (TPSA) is 51.2 Å². The zero-order chi connectivity index (χ0) is 20.4. The van der Waals surface area contributed by atoms with Crippen LogP contribution in [0.25, 0.3) is 0 Å². The molecular formula is C23H33NO4. The quantitative estimate of drug-likeness (QED) is 0.599. The van der Waals surface area contributed by atoms with E-state index in [1.54, 1.807) is 14.2 Å². The summed E-state index contributed by atoms with van der Waals surface area (Å²) in [6.45, 7) is 6.44. The fourth-order valence-electron chi connectivity index (χ4n) is 3.08. The van der Waals surface area contributed by atoms with Gasteiger partial charge in [-0.1, -0.05) is 43.3 Å². The molecule has 0 heterocycles. The van der Waals surface area contributed by atoms with Gasteiger partial charge < -0.3 is 19.3 Å². The number of ether oxygens (including phenoxy) is 3. The molecule has 0 radical (unpaired) electrons. The molecule has 0 aromatic heterocycles. The molecule has 0 unspecified atom stereocenters. The van der Waals surface area contributed by atoms with E-state index in [-0.39, 0.29) is 0 Å². The van der Waals surface area contributed by atoms with Gasteiger partial charge in [0, 0.05) is 19.1 Å². The maximum Gasteiger partial charge on any atom is 0.161 e. The fourth-order valence-corrected chi connectivity index (χ4v) is 3.08. The Labute approximate surface area is 168 Å². The highest BCUT2D eigenvalue weighted by atomic mass is 16.5. The van der Waals surface area contributed by atoms with E-state index >= 15 is 0 Å². The Bertz CT molecular complexity index is 692. The number of nitrogens with zero attached hydrogens (tertiary/aromatic N) is 1. The number of benzene rings is 2. The highest BCUT2D eigenvalue weighted by molar-refractivity contribution is 5.42. The molecule has 0 fully saturated rings.